The second kappa shape index (κ2) is 6.45. The lowest BCUT2D eigenvalue weighted by Gasteiger charge is -2.25. The smallest absolute Gasteiger partial charge is 0.340 e. The van der Waals surface area contributed by atoms with Gasteiger partial charge in [0.05, 0.1) is 24.5 Å². The second-order valence-electron chi connectivity index (χ2n) is 4.87. The van der Waals surface area contributed by atoms with Crippen molar-refractivity contribution in [3.05, 3.63) is 23.8 Å². The van der Waals surface area contributed by atoms with E-state index >= 15 is 0 Å². The molecule has 0 heterocycles. The zero-order valence-electron chi connectivity index (χ0n) is 11.4. The highest BCUT2D eigenvalue weighted by Crippen LogP contribution is 2.30. The molecule has 19 heavy (non-hydrogen) atoms. The molecule has 2 N–H and O–H groups in total. The van der Waals surface area contributed by atoms with Gasteiger partial charge in [-0.15, -0.1) is 0 Å². The first-order valence-electron chi connectivity index (χ1n) is 6.90. The van der Waals surface area contributed by atoms with Crippen LogP contribution < -0.4 is 10.5 Å². The van der Waals surface area contributed by atoms with Crippen molar-refractivity contribution >= 4 is 11.7 Å². The maximum atomic E-state index is 11.7. The summed E-state index contributed by atoms with van der Waals surface area (Å²) in [5.74, 6) is 0.976. The van der Waals surface area contributed by atoms with Crippen LogP contribution in [0.3, 0.4) is 0 Å². The Morgan fingerprint density at radius 2 is 2.21 bits per heavy atom. The summed E-state index contributed by atoms with van der Waals surface area (Å²) in [6.07, 6.45) is 5.01. The largest absolute Gasteiger partial charge is 0.491 e. The molecule has 0 unspecified atom stereocenters. The maximum Gasteiger partial charge on any atom is 0.340 e. The van der Waals surface area contributed by atoms with E-state index in [0.717, 1.165) is 12.3 Å². The molecule has 0 radical (unpaired) electrons. The van der Waals surface area contributed by atoms with Gasteiger partial charge in [-0.1, -0.05) is 25.3 Å². The fraction of sp³-hybridized carbons (Fsp3) is 0.533. The summed E-state index contributed by atoms with van der Waals surface area (Å²) in [7, 11) is 0. The van der Waals surface area contributed by atoms with E-state index in [2.05, 4.69) is 0 Å². The molecule has 1 aromatic rings. The van der Waals surface area contributed by atoms with E-state index in [-0.39, 0.29) is 0 Å². The lowest BCUT2D eigenvalue weighted by atomic mass is 9.83. The third kappa shape index (κ3) is 3.40. The van der Waals surface area contributed by atoms with Crippen LogP contribution >= 0.6 is 0 Å². The molecule has 4 heteroatoms. The van der Waals surface area contributed by atoms with Crippen LogP contribution in [-0.4, -0.2) is 19.2 Å². The minimum atomic E-state index is -0.399. The highest BCUT2D eigenvalue weighted by Gasteiger charge is 2.18. The molecule has 0 aromatic heterocycles. The third-order valence-electron chi connectivity index (χ3n) is 3.57. The van der Waals surface area contributed by atoms with Crippen molar-refractivity contribution in [1.82, 2.24) is 0 Å². The quantitative estimate of drug-likeness (QED) is 0.633. The molecule has 4 nitrogen and oxygen atoms in total. The summed E-state index contributed by atoms with van der Waals surface area (Å²) >= 11 is 0. The maximum absolute atomic E-state index is 11.7. The zero-order valence-corrected chi connectivity index (χ0v) is 11.4. The Morgan fingerprint density at radius 1 is 1.42 bits per heavy atom. The van der Waals surface area contributed by atoms with E-state index in [0.29, 0.717) is 30.2 Å². The minimum absolute atomic E-state index is 0.338. The van der Waals surface area contributed by atoms with Crippen LogP contribution in [0.25, 0.3) is 0 Å². The van der Waals surface area contributed by atoms with E-state index < -0.39 is 5.97 Å². The molecule has 0 amide bonds. The summed E-state index contributed by atoms with van der Waals surface area (Å²) in [5.41, 5.74) is 6.70. The Bertz CT molecular complexity index is 441. The van der Waals surface area contributed by atoms with Gasteiger partial charge in [-0.2, -0.15) is 0 Å². The number of nitrogen functional groups attached to an aromatic ring is 1. The molecule has 0 aliphatic heterocycles. The monoisotopic (exact) mass is 263 g/mol. The summed E-state index contributed by atoms with van der Waals surface area (Å²) in [6.45, 7) is 2.76. The number of nitrogens with two attached hydrogens (primary N) is 1. The molecule has 1 aliphatic carbocycles. The van der Waals surface area contributed by atoms with Crippen LogP contribution in [0.1, 0.15) is 43.0 Å². The van der Waals surface area contributed by atoms with Crippen molar-refractivity contribution in [3.63, 3.8) is 0 Å². The summed E-state index contributed by atoms with van der Waals surface area (Å²) in [4.78, 5) is 11.7. The Balaban J connectivity index is 1.95. The molecule has 104 valence electrons. The predicted octanol–water partition coefficient (Wildman–Crippen LogP) is 3.01. The highest BCUT2D eigenvalue weighted by molar-refractivity contribution is 5.96. The summed E-state index contributed by atoms with van der Waals surface area (Å²) < 4.78 is 10.6. The second-order valence-corrected chi connectivity index (χ2v) is 4.87. The molecule has 0 atom stereocenters. The normalized spacial score (nSPS) is 14.8. The number of esters is 1. The van der Waals surface area contributed by atoms with Crippen molar-refractivity contribution in [2.45, 2.75) is 32.6 Å². The van der Waals surface area contributed by atoms with Gasteiger partial charge < -0.3 is 15.2 Å². The number of carbonyl (C=O) groups excluding carboxylic acids is 1. The van der Waals surface area contributed by atoms with Crippen molar-refractivity contribution in [3.8, 4) is 5.75 Å². The van der Waals surface area contributed by atoms with Crippen molar-refractivity contribution < 1.29 is 14.3 Å². The van der Waals surface area contributed by atoms with Crippen LogP contribution in [0.5, 0.6) is 5.75 Å². The van der Waals surface area contributed by atoms with Crippen molar-refractivity contribution in [2.24, 2.45) is 5.92 Å². The molecular formula is C15H21NO3. The minimum Gasteiger partial charge on any atom is -0.491 e. The standard InChI is InChI=1S/C15H21NO3/c1-2-18-15(17)12-7-4-8-13(14(12)16)19-10-9-11-5-3-6-11/h4,7-8,11H,2-3,5-6,9-10,16H2,1H3. The van der Waals surface area contributed by atoms with E-state index in [1.165, 1.54) is 19.3 Å². The number of hydrogen-bond acceptors (Lipinski definition) is 4. The third-order valence-corrected chi connectivity index (χ3v) is 3.57. The van der Waals surface area contributed by atoms with E-state index in [1.807, 2.05) is 0 Å². The average Bonchev–Trinajstić information content (AvgIpc) is 2.34. The van der Waals surface area contributed by atoms with Gasteiger partial charge in [-0.25, -0.2) is 4.79 Å². The van der Waals surface area contributed by atoms with Crippen LogP contribution in [0, 0.1) is 5.92 Å². The first-order chi connectivity index (χ1) is 9.22. The summed E-state index contributed by atoms with van der Waals surface area (Å²) in [5, 5.41) is 0. The lowest BCUT2D eigenvalue weighted by molar-refractivity contribution is 0.0527. The number of para-hydroxylation sites is 1. The number of carbonyl (C=O) groups is 1. The van der Waals surface area contributed by atoms with Gasteiger partial charge in [0.15, 0.2) is 0 Å². The molecule has 0 saturated heterocycles. The number of hydrogen-bond donors (Lipinski definition) is 1. The van der Waals surface area contributed by atoms with Gasteiger partial charge >= 0.3 is 5.97 Å². The van der Waals surface area contributed by atoms with Gasteiger partial charge in [0.1, 0.15) is 5.75 Å². The number of rotatable bonds is 6. The van der Waals surface area contributed by atoms with Gasteiger partial charge in [0.2, 0.25) is 0 Å². The molecule has 0 bridgehead atoms. The van der Waals surface area contributed by atoms with Crippen LogP contribution in [0.4, 0.5) is 5.69 Å². The number of ether oxygens (including phenoxy) is 2. The number of anilines is 1. The summed E-state index contributed by atoms with van der Waals surface area (Å²) in [6, 6.07) is 5.21. The first-order valence-corrected chi connectivity index (χ1v) is 6.90. The molecule has 1 saturated carbocycles. The zero-order chi connectivity index (χ0) is 13.7. The van der Waals surface area contributed by atoms with E-state index in [1.54, 1.807) is 25.1 Å². The molecule has 0 spiro atoms. The van der Waals surface area contributed by atoms with Crippen molar-refractivity contribution in [2.75, 3.05) is 18.9 Å². The van der Waals surface area contributed by atoms with E-state index in [9.17, 15) is 4.79 Å². The van der Waals surface area contributed by atoms with Crippen molar-refractivity contribution in [1.29, 1.82) is 0 Å². The molecule has 1 aromatic carbocycles. The van der Waals surface area contributed by atoms with Gasteiger partial charge in [0, 0.05) is 0 Å². The van der Waals surface area contributed by atoms with Crippen LogP contribution in [0.15, 0.2) is 18.2 Å². The molecular weight excluding hydrogens is 242 g/mol. The molecule has 1 fully saturated rings. The lowest BCUT2D eigenvalue weighted by Crippen LogP contribution is -2.15. The Kier molecular flexibility index (Phi) is 4.66. The van der Waals surface area contributed by atoms with E-state index in [4.69, 9.17) is 15.2 Å². The number of benzene rings is 1. The molecule has 2 rings (SSSR count). The SMILES string of the molecule is CCOC(=O)c1cccc(OCCC2CCC2)c1N. The highest BCUT2D eigenvalue weighted by atomic mass is 16.5. The van der Waals surface area contributed by atoms with Crippen LogP contribution in [-0.2, 0) is 4.74 Å². The fourth-order valence-corrected chi connectivity index (χ4v) is 2.17. The predicted molar refractivity (Wildman–Crippen MR) is 74.3 cm³/mol. The Morgan fingerprint density at radius 3 is 2.84 bits per heavy atom. The van der Waals surface area contributed by atoms with Crippen LogP contribution in [0.2, 0.25) is 0 Å². The topological polar surface area (TPSA) is 61.5 Å². The Labute approximate surface area is 113 Å². The molecule has 1 aliphatic rings. The van der Waals surface area contributed by atoms with Gasteiger partial charge in [-0.3, -0.25) is 0 Å². The Hall–Kier alpha value is -1.71. The van der Waals surface area contributed by atoms with Gasteiger partial charge in [0.25, 0.3) is 0 Å². The average molecular weight is 263 g/mol. The first kappa shape index (κ1) is 13.7. The van der Waals surface area contributed by atoms with Gasteiger partial charge in [-0.05, 0) is 31.4 Å². The fourth-order valence-electron chi connectivity index (χ4n) is 2.17.